The van der Waals surface area contributed by atoms with Gasteiger partial charge in [-0.3, -0.25) is 9.59 Å². The predicted molar refractivity (Wildman–Crippen MR) is 102 cm³/mol. The highest BCUT2D eigenvalue weighted by Crippen LogP contribution is 2.31. The van der Waals surface area contributed by atoms with Crippen LogP contribution in [0.3, 0.4) is 0 Å². The van der Waals surface area contributed by atoms with Crippen molar-refractivity contribution in [2.45, 2.75) is 38.7 Å². The van der Waals surface area contributed by atoms with E-state index in [1.807, 2.05) is 4.90 Å². The number of nitrogens with zero attached hydrogens (tertiary/aromatic N) is 3. The fourth-order valence-corrected chi connectivity index (χ4v) is 4.08. The zero-order valence-corrected chi connectivity index (χ0v) is 16.6. The molecule has 0 spiro atoms. The van der Waals surface area contributed by atoms with E-state index in [9.17, 15) is 9.59 Å². The average molecular weight is 390 g/mol. The molecule has 4 rings (SSSR count). The number of aryl methyl sites for hydroxylation is 1. The molecule has 2 amide bonds. The van der Waals surface area contributed by atoms with Gasteiger partial charge >= 0.3 is 0 Å². The molecule has 2 saturated heterocycles. The van der Waals surface area contributed by atoms with Gasteiger partial charge in [-0.25, -0.2) is 0 Å². The van der Waals surface area contributed by atoms with Crippen LogP contribution in [-0.4, -0.2) is 78.8 Å². The summed E-state index contributed by atoms with van der Waals surface area (Å²) in [5, 5.41) is 6.54. The van der Waals surface area contributed by atoms with Crippen molar-refractivity contribution < 1.29 is 18.8 Å². The van der Waals surface area contributed by atoms with Crippen LogP contribution in [0.15, 0.2) is 10.6 Å². The van der Waals surface area contributed by atoms with Crippen LogP contribution in [0.5, 0.6) is 0 Å². The summed E-state index contributed by atoms with van der Waals surface area (Å²) in [5.74, 6) is 1.86. The number of carbonyl (C=O) groups is 2. The van der Waals surface area contributed by atoms with Gasteiger partial charge in [0.25, 0.3) is 5.91 Å². The lowest BCUT2D eigenvalue weighted by Crippen LogP contribution is -2.52. The van der Waals surface area contributed by atoms with Gasteiger partial charge in [0.15, 0.2) is 5.69 Å². The highest BCUT2D eigenvalue weighted by Gasteiger charge is 2.31. The van der Waals surface area contributed by atoms with Gasteiger partial charge in [0.2, 0.25) is 5.91 Å². The summed E-state index contributed by atoms with van der Waals surface area (Å²) >= 11 is 0. The second kappa shape index (κ2) is 8.61. The number of morpholine rings is 1. The third kappa shape index (κ3) is 5.11. The van der Waals surface area contributed by atoms with Gasteiger partial charge in [-0.1, -0.05) is 5.16 Å². The van der Waals surface area contributed by atoms with Gasteiger partial charge < -0.3 is 24.4 Å². The standard InChI is InChI=1S/C20H30N4O4/c1-14-8-18(22-28-14)20(26)21-9-17-12-24(19(25)13-27-17)11-16-4-6-23(7-5-16)10-15-2-3-15/h8,15-17H,2-7,9-13H2,1H3,(H,21,26)/t17-/m1/s1. The Hall–Kier alpha value is -1.93. The molecular formula is C20H30N4O4. The van der Waals surface area contributed by atoms with Gasteiger partial charge in [-0.05, 0) is 57.5 Å². The fraction of sp³-hybridized carbons (Fsp3) is 0.750. The minimum absolute atomic E-state index is 0.0510. The molecule has 1 aromatic heterocycles. The molecule has 8 nitrogen and oxygen atoms in total. The summed E-state index contributed by atoms with van der Waals surface area (Å²) in [7, 11) is 0. The van der Waals surface area contributed by atoms with Crippen LogP contribution in [0, 0.1) is 18.8 Å². The summed E-state index contributed by atoms with van der Waals surface area (Å²) in [4.78, 5) is 28.9. The van der Waals surface area contributed by atoms with Gasteiger partial charge in [-0.15, -0.1) is 0 Å². The minimum atomic E-state index is -0.285. The molecule has 0 aromatic carbocycles. The van der Waals surface area contributed by atoms with E-state index in [1.165, 1.54) is 19.4 Å². The van der Waals surface area contributed by atoms with Crippen molar-refractivity contribution in [2.24, 2.45) is 11.8 Å². The molecule has 0 unspecified atom stereocenters. The molecule has 0 radical (unpaired) electrons. The van der Waals surface area contributed by atoms with Gasteiger partial charge in [0.05, 0.1) is 6.10 Å². The van der Waals surface area contributed by atoms with E-state index in [0.717, 1.165) is 38.4 Å². The van der Waals surface area contributed by atoms with Crippen molar-refractivity contribution in [1.29, 1.82) is 0 Å². The Labute approximate surface area is 165 Å². The van der Waals surface area contributed by atoms with Crippen molar-refractivity contribution in [1.82, 2.24) is 20.3 Å². The highest BCUT2D eigenvalue weighted by molar-refractivity contribution is 5.92. The number of amides is 2. The third-order valence-electron chi connectivity index (χ3n) is 5.97. The largest absolute Gasteiger partial charge is 0.365 e. The maximum absolute atomic E-state index is 12.3. The second-order valence-corrected chi connectivity index (χ2v) is 8.45. The Morgan fingerprint density at radius 1 is 1.21 bits per heavy atom. The van der Waals surface area contributed by atoms with E-state index in [-0.39, 0.29) is 30.2 Å². The molecule has 28 heavy (non-hydrogen) atoms. The van der Waals surface area contributed by atoms with Crippen LogP contribution < -0.4 is 5.32 Å². The summed E-state index contributed by atoms with van der Waals surface area (Å²) in [6.45, 7) is 7.07. The van der Waals surface area contributed by atoms with Crippen LogP contribution >= 0.6 is 0 Å². The summed E-state index contributed by atoms with van der Waals surface area (Å²) < 4.78 is 10.5. The molecule has 0 bridgehead atoms. The average Bonchev–Trinajstić information content (AvgIpc) is 3.40. The first-order valence-electron chi connectivity index (χ1n) is 10.4. The van der Waals surface area contributed by atoms with E-state index >= 15 is 0 Å². The second-order valence-electron chi connectivity index (χ2n) is 8.45. The van der Waals surface area contributed by atoms with E-state index in [4.69, 9.17) is 9.26 Å². The topological polar surface area (TPSA) is 87.9 Å². The number of aromatic nitrogens is 1. The van der Waals surface area contributed by atoms with Crippen LogP contribution in [0.2, 0.25) is 0 Å². The zero-order chi connectivity index (χ0) is 19.5. The first-order chi connectivity index (χ1) is 13.6. The molecule has 3 fully saturated rings. The maximum Gasteiger partial charge on any atom is 0.273 e. The number of nitrogens with one attached hydrogen (secondary N) is 1. The number of hydrogen-bond acceptors (Lipinski definition) is 6. The number of piperidine rings is 1. The Bertz CT molecular complexity index is 694. The number of rotatable bonds is 7. The van der Waals surface area contributed by atoms with Crippen LogP contribution in [0.25, 0.3) is 0 Å². The number of hydrogen-bond donors (Lipinski definition) is 1. The van der Waals surface area contributed by atoms with Crippen molar-refractivity contribution >= 4 is 11.8 Å². The molecule has 1 N–H and O–H groups in total. The third-order valence-corrected chi connectivity index (χ3v) is 5.97. The smallest absolute Gasteiger partial charge is 0.273 e. The Balaban J connectivity index is 1.21. The number of ether oxygens (including phenoxy) is 1. The van der Waals surface area contributed by atoms with Crippen molar-refractivity contribution in [3.05, 3.63) is 17.5 Å². The Morgan fingerprint density at radius 3 is 2.64 bits per heavy atom. The van der Waals surface area contributed by atoms with Crippen molar-refractivity contribution in [3.63, 3.8) is 0 Å². The predicted octanol–water partition coefficient (Wildman–Crippen LogP) is 1.06. The minimum Gasteiger partial charge on any atom is -0.365 e. The quantitative estimate of drug-likeness (QED) is 0.749. The maximum atomic E-state index is 12.3. The fourth-order valence-electron chi connectivity index (χ4n) is 4.08. The summed E-state index contributed by atoms with van der Waals surface area (Å²) in [5.41, 5.74) is 0.263. The van der Waals surface area contributed by atoms with Crippen molar-refractivity contribution in [3.8, 4) is 0 Å². The molecule has 3 heterocycles. The molecule has 1 atom stereocenters. The molecule has 1 saturated carbocycles. The molecule has 154 valence electrons. The first kappa shape index (κ1) is 19.4. The van der Waals surface area contributed by atoms with Crippen LogP contribution in [0.1, 0.15) is 41.9 Å². The van der Waals surface area contributed by atoms with Gasteiger partial charge in [0, 0.05) is 32.2 Å². The molecule has 3 aliphatic rings. The molecule has 1 aliphatic carbocycles. The van der Waals surface area contributed by atoms with Gasteiger partial charge in [-0.2, -0.15) is 0 Å². The number of likely N-dealkylation sites (tertiary alicyclic amines) is 1. The zero-order valence-electron chi connectivity index (χ0n) is 16.6. The van der Waals surface area contributed by atoms with Gasteiger partial charge in [0.1, 0.15) is 12.4 Å². The summed E-state index contributed by atoms with van der Waals surface area (Å²) in [6, 6.07) is 1.60. The van der Waals surface area contributed by atoms with E-state index in [2.05, 4.69) is 15.4 Å². The van der Waals surface area contributed by atoms with Crippen molar-refractivity contribution in [2.75, 3.05) is 45.9 Å². The lowest BCUT2D eigenvalue weighted by molar-refractivity contribution is -0.149. The lowest BCUT2D eigenvalue weighted by atomic mass is 9.95. The molecule has 2 aliphatic heterocycles. The van der Waals surface area contributed by atoms with Crippen LogP contribution in [0.4, 0.5) is 0 Å². The molecule has 1 aromatic rings. The lowest BCUT2D eigenvalue weighted by Gasteiger charge is -2.38. The summed E-state index contributed by atoms with van der Waals surface area (Å²) in [6.07, 6.45) is 4.92. The first-order valence-corrected chi connectivity index (χ1v) is 10.4. The number of carbonyl (C=O) groups excluding carboxylic acids is 2. The monoisotopic (exact) mass is 390 g/mol. The highest BCUT2D eigenvalue weighted by atomic mass is 16.5. The van der Waals surface area contributed by atoms with E-state index in [1.54, 1.807) is 13.0 Å². The Kier molecular flexibility index (Phi) is 5.96. The van der Waals surface area contributed by atoms with E-state index in [0.29, 0.717) is 24.8 Å². The SMILES string of the molecule is Cc1cc(C(=O)NC[C@@H]2CN(CC3CCN(CC4CC4)CC3)C(=O)CO2)no1. The Morgan fingerprint density at radius 2 is 1.96 bits per heavy atom. The molecular weight excluding hydrogens is 360 g/mol. The van der Waals surface area contributed by atoms with E-state index < -0.39 is 0 Å². The van der Waals surface area contributed by atoms with Crippen LogP contribution in [-0.2, 0) is 9.53 Å². The molecule has 8 heteroatoms. The normalized spacial score (nSPS) is 24.5.